The van der Waals surface area contributed by atoms with E-state index in [-0.39, 0.29) is 12.5 Å². The van der Waals surface area contributed by atoms with Crippen LogP contribution in [0.1, 0.15) is 20.8 Å². The van der Waals surface area contributed by atoms with Crippen LogP contribution < -0.4 is 16.0 Å². The SMILES string of the molecule is CCNC(=O)NC(=O)CNC(C(=O)O)C(C)C. The summed E-state index contributed by atoms with van der Waals surface area (Å²) in [5, 5.41) is 15.9. The summed E-state index contributed by atoms with van der Waals surface area (Å²) in [6.45, 7) is 5.38. The van der Waals surface area contributed by atoms with E-state index >= 15 is 0 Å². The summed E-state index contributed by atoms with van der Waals surface area (Å²) in [6.07, 6.45) is 0. The molecule has 3 amide bonds. The minimum Gasteiger partial charge on any atom is -0.480 e. The molecular weight excluding hydrogens is 226 g/mol. The fraction of sp³-hybridized carbons (Fsp3) is 0.700. The summed E-state index contributed by atoms with van der Waals surface area (Å²) >= 11 is 0. The van der Waals surface area contributed by atoms with E-state index < -0.39 is 23.9 Å². The first-order chi connectivity index (χ1) is 7.88. The second-order valence-corrected chi connectivity index (χ2v) is 3.85. The standard InChI is InChI=1S/C10H19N3O4/c1-4-11-10(17)13-7(14)5-12-8(6(2)3)9(15)16/h6,8,12H,4-5H2,1-3H3,(H,15,16)(H2,11,13,14,17). The summed E-state index contributed by atoms with van der Waals surface area (Å²) < 4.78 is 0. The molecule has 7 nitrogen and oxygen atoms in total. The van der Waals surface area contributed by atoms with Crippen molar-refractivity contribution in [3.05, 3.63) is 0 Å². The molecule has 17 heavy (non-hydrogen) atoms. The molecule has 0 aliphatic heterocycles. The lowest BCUT2D eigenvalue weighted by Crippen LogP contribution is -2.48. The van der Waals surface area contributed by atoms with Gasteiger partial charge in [0.15, 0.2) is 0 Å². The van der Waals surface area contributed by atoms with Crippen LogP contribution in [0.4, 0.5) is 4.79 Å². The highest BCUT2D eigenvalue weighted by Crippen LogP contribution is 2.00. The maximum Gasteiger partial charge on any atom is 0.321 e. The summed E-state index contributed by atoms with van der Waals surface area (Å²) in [5.41, 5.74) is 0. The normalized spacial score (nSPS) is 12.0. The van der Waals surface area contributed by atoms with Crippen LogP contribution in [0, 0.1) is 5.92 Å². The molecule has 0 radical (unpaired) electrons. The average Bonchev–Trinajstić information content (AvgIpc) is 2.16. The summed E-state index contributed by atoms with van der Waals surface area (Å²) in [6, 6.07) is -1.40. The summed E-state index contributed by atoms with van der Waals surface area (Å²) in [5.74, 6) is -1.74. The van der Waals surface area contributed by atoms with Crippen molar-refractivity contribution in [2.75, 3.05) is 13.1 Å². The van der Waals surface area contributed by atoms with Gasteiger partial charge in [0.05, 0.1) is 6.54 Å². The molecule has 0 rings (SSSR count). The third kappa shape index (κ3) is 6.52. The monoisotopic (exact) mass is 245 g/mol. The fourth-order valence-electron chi connectivity index (χ4n) is 1.19. The number of imide groups is 1. The van der Waals surface area contributed by atoms with Gasteiger partial charge in [0.2, 0.25) is 5.91 Å². The van der Waals surface area contributed by atoms with Crippen LogP contribution in [-0.2, 0) is 9.59 Å². The molecule has 1 atom stereocenters. The van der Waals surface area contributed by atoms with Gasteiger partial charge in [0.1, 0.15) is 6.04 Å². The molecule has 0 bridgehead atoms. The zero-order valence-electron chi connectivity index (χ0n) is 10.2. The minimum absolute atomic E-state index is 0.148. The predicted octanol–water partition coefficient (Wildman–Crippen LogP) is -0.469. The highest BCUT2D eigenvalue weighted by Gasteiger charge is 2.21. The number of rotatable bonds is 6. The molecule has 0 aromatic rings. The quantitative estimate of drug-likeness (QED) is 0.506. The predicted molar refractivity (Wildman–Crippen MR) is 61.5 cm³/mol. The van der Waals surface area contributed by atoms with Crippen molar-refractivity contribution < 1.29 is 19.5 Å². The number of aliphatic carboxylic acids is 1. The van der Waals surface area contributed by atoms with Crippen LogP contribution in [-0.4, -0.2) is 42.1 Å². The van der Waals surface area contributed by atoms with Crippen LogP contribution in [0.2, 0.25) is 0 Å². The van der Waals surface area contributed by atoms with Gasteiger partial charge in [0, 0.05) is 6.54 Å². The molecule has 0 saturated heterocycles. The smallest absolute Gasteiger partial charge is 0.321 e. The van der Waals surface area contributed by atoms with Crippen LogP contribution in [0.25, 0.3) is 0 Å². The van der Waals surface area contributed by atoms with Gasteiger partial charge in [-0.15, -0.1) is 0 Å². The Balaban J connectivity index is 4.05. The number of carboxylic acids is 1. The Kier molecular flexibility index (Phi) is 6.88. The Morgan fingerprint density at radius 3 is 2.24 bits per heavy atom. The van der Waals surface area contributed by atoms with E-state index in [4.69, 9.17) is 5.11 Å². The molecule has 4 N–H and O–H groups in total. The molecule has 7 heteroatoms. The summed E-state index contributed by atoms with van der Waals surface area (Å²) in [4.78, 5) is 33.0. The molecule has 0 aliphatic carbocycles. The third-order valence-corrected chi connectivity index (χ3v) is 2.01. The first-order valence-electron chi connectivity index (χ1n) is 5.42. The minimum atomic E-state index is -1.02. The van der Waals surface area contributed by atoms with Crippen molar-refractivity contribution in [1.82, 2.24) is 16.0 Å². The van der Waals surface area contributed by atoms with Crippen molar-refractivity contribution >= 4 is 17.9 Å². The molecule has 0 saturated carbocycles. The molecule has 0 spiro atoms. The average molecular weight is 245 g/mol. The topological polar surface area (TPSA) is 108 Å². The lowest BCUT2D eigenvalue weighted by atomic mass is 10.1. The molecule has 0 aromatic carbocycles. The van der Waals surface area contributed by atoms with Gasteiger partial charge >= 0.3 is 12.0 Å². The van der Waals surface area contributed by atoms with Crippen molar-refractivity contribution in [1.29, 1.82) is 0 Å². The molecule has 0 fully saturated rings. The number of amides is 3. The van der Waals surface area contributed by atoms with Gasteiger partial charge in [-0.05, 0) is 12.8 Å². The maximum absolute atomic E-state index is 11.3. The van der Waals surface area contributed by atoms with Gasteiger partial charge in [0.25, 0.3) is 0 Å². The number of carbonyl (C=O) groups is 3. The number of nitrogens with one attached hydrogen (secondary N) is 3. The molecule has 0 heterocycles. The molecule has 0 aliphatic rings. The van der Waals surface area contributed by atoms with Crippen LogP contribution in [0.15, 0.2) is 0 Å². The van der Waals surface area contributed by atoms with Gasteiger partial charge in [-0.2, -0.15) is 0 Å². The van der Waals surface area contributed by atoms with E-state index in [1.54, 1.807) is 20.8 Å². The van der Waals surface area contributed by atoms with E-state index in [1.165, 1.54) is 0 Å². The number of hydrogen-bond acceptors (Lipinski definition) is 4. The third-order valence-electron chi connectivity index (χ3n) is 2.01. The van der Waals surface area contributed by atoms with E-state index in [0.717, 1.165) is 0 Å². The molecule has 98 valence electrons. The highest BCUT2D eigenvalue weighted by atomic mass is 16.4. The van der Waals surface area contributed by atoms with Gasteiger partial charge in [-0.1, -0.05) is 13.8 Å². The fourth-order valence-corrected chi connectivity index (χ4v) is 1.19. The lowest BCUT2D eigenvalue weighted by Gasteiger charge is -2.17. The second kappa shape index (κ2) is 7.61. The van der Waals surface area contributed by atoms with E-state index in [2.05, 4.69) is 16.0 Å². The Labute approximate surface area is 100.0 Å². The number of hydrogen-bond donors (Lipinski definition) is 4. The zero-order valence-corrected chi connectivity index (χ0v) is 10.2. The highest BCUT2D eigenvalue weighted by molar-refractivity contribution is 5.95. The van der Waals surface area contributed by atoms with Crippen LogP contribution in [0.3, 0.4) is 0 Å². The van der Waals surface area contributed by atoms with E-state index in [1.807, 2.05) is 0 Å². The van der Waals surface area contributed by atoms with Gasteiger partial charge in [-0.3, -0.25) is 20.2 Å². The van der Waals surface area contributed by atoms with Crippen molar-refractivity contribution in [2.45, 2.75) is 26.8 Å². The Morgan fingerprint density at radius 1 is 1.24 bits per heavy atom. The van der Waals surface area contributed by atoms with Crippen molar-refractivity contribution in [3.63, 3.8) is 0 Å². The Morgan fingerprint density at radius 2 is 1.82 bits per heavy atom. The summed E-state index contributed by atoms with van der Waals surface area (Å²) in [7, 11) is 0. The largest absolute Gasteiger partial charge is 0.480 e. The molecule has 1 unspecified atom stereocenters. The molecule has 0 aromatic heterocycles. The van der Waals surface area contributed by atoms with Gasteiger partial charge in [-0.25, -0.2) is 4.79 Å². The molecular formula is C10H19N3O4. The Bertz CT molecular complexity index is 291. The first kappa shape index (κ1) is 15.4. The second-order valence-electron chi connectivity index (χ2n) is 3.85. The Hall–Kier alpha value is -1.63. The van der Waals surface area contributed by atoms with Crippen molar-refractivity contribution in [3.8, 4) is 0 Å². The van der Waals surface area contributed by atoms with Crippen LogP contribution in [0.5, 0.6) is 0 Å². The van der Waals surface area contributed by atoms with Crippen LogP contribution >= 0.6 is 0 Å². The maximum atomic E-state index is 11.3. The number of carboxylic acid groups (broad SMARTS) is 1. The number of carbonyl (C=O) groups excluding carboxylic acids is 2. The van der Waals surface area contributed by atoms with Crippen molar-refractivity contribution in [2.24, 2.45) is 5.92 Å². The zero-order chi connectivity index (χ0) is 13.4. The van der Waals surface area contributed by atoms with E-state index in [9.17, 15) is 14.4 Å². The lowest BCUT2D eigenvalue weighted by molar-refractivity contribution is -0.140. The van der Waals surface area contributed by atoms with E-state index in [0.29, 0.717) is 6.54 Å². The first-order valence-corrected chi connectivity index (χ1v) is 5.42. The van der Waals surface area contributed by atoms with Gasteiger partial charge < -0.3 is 10.4 Å². The number of urea groups is 1.